The van der Waals surface area contributed by atoms with Crippen molar-refractivity contribution in [3.05, 3.63) is 71.8 Å². The Morgan fingerprint density at radius 2 is 1.68 bits per heavy atom. The Morgan fingerprint density at radius 1 is 1.03 bits per heavy atom. The zero-order valence-corrected chi connectivity index (χ0v) is 18.3. The summed E-state index contributed by atoms with van der Waals surface area (Å²) in [7, 11) is 0. The second-order valence-electron chi connectivity index (χ2n) is 8.22. The fraction of sp³-hybridized carbons (Fsp3) is 0.400. The quantitative estimate of drug-likeness (QED) is 0.453. The molecule has 0 aromatic heterocycles. The normalized spacial score (nSPS) is 19.2. The van der Waals surface area contributed by atoms with Gasteiger partial charge in [-0.25, -0.2) is 4.79 Å². The molecule has 4 amide bonds. The number of nitrogens with one attached hydrogen (secondary N) is 2. The molecule has 2 N–H and O–H groups in total. The molecule has 164 valence electrons. The Hall–Kier alpha value is -3.15. The van der Waals surface area contributed by atoms with E-state index in [2.05, 4.69) is 17.6 Å². The molecule has 3 rings (SSSR count). The number of unbranched alkanes of at least 4 members (excludes halogenated alkanes) is 2. The highest BCUT2D eigenvalue weighted by Crippen LogP contribution is 2.32. The summed E-state index contributed by atoms with van der Waals surface area (Å²) >= 11 is 0. The molecule has 1 fully saturated rings. The Balaban J connectivity index is 1.78. The maximum atomic E-state index is 13.5. The van der Waals surface area contributed by atoms with Gasteiger partial charge >= 0.3 is 6.03 Å². The number of hydrogen-bond donors (Lipinski definition) is 2. The standard InChI is InChI=1S/C25H31N3O3/c1-3-4-7-12-19(2)26-22(29)18-28-23(30)25(27-24(28)31,21-15-10-6-11-16-21)17-20-13-8-5-9-14-20/h5-6,8-11,13-16,19H,3-4,7,12,17-18H2,1-2H3,(H,26,29)(H,27,31)/t19-,25+/m1/s1. The highest BCUT2D eigenvalue weighted by Gasteiger charge is 2.52. The van der Waals surface area contributed by atoms with Crippen molar-refractivity contribution in [2.75, 3.05) is 6.54 Å². The van der Waals surface area contributed by atoms with E-state index in [0.29, 0.717) is 12.0 Å². The molecule has 1 aliphatic rings. The molecule has 0 spiro atoms. The minimum atomic E-state index is -1.23. The van der Waals surface area contributed by atoms with Crippen LogP contribution in [-0.2, 0) is 21.5 Å². The summed E-state index contributed by atoms with van der Waals surface area (Å²) in [6.07, 6.45) is 4.46. The van der Waals surface area contributed by atoms with Crippen LogP contribution in [0.4, 0.5) is 4.79 Å². The maximum Gasteiger partial charge on any atom is 0.325 e. The number of imide groups is 1. The zero-order chi connectivity index (χ0) is 22.3. The highest BCUT2D eigenvalue weighted by molar-refractivity contribution is 6.09. The maximum absolute atomic E-state index is 13.5. The lowest BCUT2D eigenvalue weighted by Gasteiger charge is -2.27. The third-order valence-corrected chi connectivity index (χ3v) is 5.70. The van der Waals surface area contributed by atoms with Gasteiger partial charge in [0.05, 0.1) is 0 Å². The van der Waals surface area contributed by atoms with Crippen molar-refractivity contribution >= 4 is 17.8 Å². The number of hydrogen-bond acceptors (Lipinski definition) is 3. The first-order valence-corrected chi connectivity index (χ1v) is 11.0. The summed E-state index contributed by atoms with van der Waals surface area (Å²) in [4.78, 5) is 39.9. The average Bonchev–Trinajstić information content (AvgIpc) is 3.00. The Bertz CT molecular complexity index is 901. The third-order valence-electron chi connectivity index (χ3n) is 5.70. The van der Waals surface area contributed by atoms with Crippen LogP contribution in [0.5, 0.6) is 0 Å². The van der Waals surface area contributed by atoms with Crippen LogP contribution in [0.25, 0.3) is 0 Å². The van der Waals surface area contributed by atoms with E-state index in [1.54, 1.807) is 0 Å². The molecular formula is C25H31N3O3. The van der Waals surface area contributed by atoms with Gasteiger partial charge in [0.2, 0.25) is 5.91 Å². The second kappa shape index (κ2) is 10.2. The van der Waals surface area contributed by atoms with Gasteiger partial charge in [-0.1, -0.05) is 86.8 Å². The van der Waals surface area contributed by atoms with Crippen LogP contribution in [0.1, 0.15) is 50.7 Å². The molecule has 1 aliphatic heterocycles. The van der Waals surface area contributed by atoms with Crippen LogP contribution in [-0.4, -0.2) is 35.3 Å². The van der Waals surface area contributed by atoms with Crippen molar-refractivity contribution in [1.82, 2.24) is 15.5 Å². The molecule has 2 aromatic rings. The first-order valence-electron chi connectivity index (χ1n) is 11.0. The lowest BCUT2D eigenvalue weighted by atomic mass is 9.83. The molecule has 31 heavy (non-hydrogen) atoms. The Morgan fingerprint density at radius 3 is 2.32 bits per heavy atom. The lowest BCUT2D eigenvalue weighted by molar-refractivity contribution is -0.135. The van der Waals surface area contributed by atoms with Crippen molar-refractivity contribution in [2.45, 2.75) is 57.5 Å². The van der Waals surface area contributed by atoms with E-state index >= 15 is 0 Å². The van der Waals surface area contributed by atoms with Crippen LogP contribution < -0.4 is 10.6 Å². The van der Waals surface area contributed by atoms with Crippen LogP contribution in [0.15, 0.2) is 60.7 Å². The van der Waals surface area contributed by atoms with E-state index in [4.69, 9.17) is 0 Å². The summed E-state index contributed by atoms with van der Waals surface area (Å²) in [5.41, 5.74) is 0.399. The lowest BCUT2D eigenvalue weighted by Crippen LogP contribution is -2.47. The fourth-order valence-electron chi connectivity index (χ4n) is 4.05. The minimum absolute atomic E-state index is 0.00279. The highest BCUT2D eigenvalue weighted by atomic mass is 16.2. The number of nitrogens with zero attached hydrogens (tertiary/aromatic N) is 1. The van der Waals surface area contributed by atoms with Crippen LogP contribution in [0.3, 0.4) is 0 Å². The van der Waals surface area contributed by atoms with Crippen molar-refractivity contribution < 1.29 is 14.4 Å². The molecule has 6 heteroatoms. The Labute approximate surface area is 184 Å². The number of carbonyl (C=O) groups excluding carboxylic acids is 3. The van der Waals surface area contributed by atoms with E-state index in [1.807, 2.05) is 67.6 Å². The van der Waals surface area contributed by atoms with Gasteiger partial charge in [-0.3, -0.25) is 14.5 Å². The largest absolute Gasteiger partial charge is 0.352 e. The molecule has 2 atom stereocenters. The van der Waals surface area contributed by atoms with Gasteiger partial charge in [0, 0.05) is 12.5 Å². The van der Waals surface area contributed by atoms with Crippen molar-refractivity contribution in [3.8, 4) is 0 Å². The van der Waals surface area contributed by atoms with E-state index < -0.39 is 17.5 Å². The molecule has 1 heterocycles. The van der Waals surface area contributed by atoms with Gasteiger partial charge in [0.15, 0.2) is 5.54 Å². The summed E-state index contributed by atoms with van der Waals surface area (Å²) in [5, 5.41) is 5.80. The van der Waals surface area contributed by atoms with Gasteiger partial charge in [-0.05, 0) is 24.5 Å². The van der Waals surface area contributed by atoms with Gasteiger partial charge in [0.1, 0.15) is 6.54 Å². The first kappa shape index (κ1) is 22.5. The summed E-state index contributed by atoms with van der Waals surface area (Å²) in [5.74, 6) is -0.725. The van der Waals surface area contributed by atoms with Gasteiger partial charge < -0.3 is 10.6 Å². The third kappa shape index (κ3) is 5.32. The smallest absolute Gasteiger partial charge is 0.325 e. The number of amides is 4. The number of benzene rings is 2. The first-order chi connectivity index (χ1) is 15.0. The monoisotopic (exact) mass is 421 g/mol. The van der Waals surface area contributed by atoms with Gasteiger partial charge in [-0.2, -0.15) is 0 Å². The van der Waals surface area contributed by atoms with Crippen molar-refractivity contribution in [3.63, 3.8) is 0 Å². The molecule has 0 aliphatic carbocycles. The fourth-order valence-corrected chi connectivity index (χ4v) is 4.05. The number of urea groups is 1. The Kier molecular flexibility index (Phi) is 7.45. The molecule has 0 radical (unpaired) electrons. The zero-order valence-electron chi connectivity index (χ0n) is 18.3. The summed E-state index contributed by atoms with van der Waals surface area (Å²) in [6, 6.07) is 18.3. The molecule has 6 nitrogen and oxygen atoms in total. The molecule has 0 unspecified atom stereocenters. The van der Waals surface area contributed by atoms with Crippen LogP contribution >= 0.6 is 0 Å². The average molecular weight is 422 g/mol. The molecule has 0 saturated carbocycles. The molecule has 0 bridgehead atoms. The van der Waals surface area contributed by atoms with Crippen molar-refractivity contribution in [2.24, 2.45) is 0 Å². The van der Waals surface area contributed by atoms with Crippen LogP contribution in [0.2, 0.25) is 0 Å². The van der Waals surface area contributed by atoms with Gasteiger partial charge in [0.25, 0.3) is 5.91 Å². The predicted octanol–water partition coefficient (Wildman–Crippen LogP) is 3.76. The number of carbonyl (C=O) groups is 3. The molecule has 1 saturated heterocycles. The van der Waals surface area contributed by atoms with E-state index in [1.165, 1.54) is 0 Å². The molecule has 2 aromatic carbocycles. The van der Waals surface area contributed by atoms with E-state index in [-0.39, 0.29) is 18.5 Å². The second-order valence-corrected chi connectivity index (χ2v) is 8.22. The minimum Gasteiger partial charge on any atom is -0.352 e. The summed E-state index contributed by atoms with van der Waals surface area (Å²) < 4.78 is 0. The summed E-state index contributed by atoms with van der Waals surface area (Å²) in [6.45, 7) is 3.80. The van der Waals surface area contributed by atoms with E-state index in [0.717, 1.165) is 36.1 Å². The van der Waals surface area contributed by atoms with Crippen LogP contribution in [0, 0.1) is 0 Å². The van der Waals surface area contributed by atoms with E-state index in [9.17, 15) is 14.4 Å². The molecular weight excluding hydrogens is 390 g/mol. The number of rotatable bonds is 10. The van der Waals surface area contributed by atoms with Crippen molar-refractivity contribution in [1.29, 1.82) is 0 Å². The predicted molar refractivity (Wildman–Crippen MR) is 120 cm³/mol. The van der Waals surface area contributed by atoms with Gasteiger partial charge in [-0.15, -0.1) is 0 Å². The SMILES string of the molecule is CCCCC[C@@H](C)NC(=O)CN1C(=O)N[C@@](Cc2ccccc2)(c2ccccc2)C1=O. The topological polar surface area (TPSA) is 78.5 Å².